The minimum atomic E-state index is -1.40. The summed E-state index contributed by atoms with van der Waals surface area (Å²) in [5.74, 6) is -0.322. The molecule has 0 bridgehead atoms. The van der Waals surface area contributed by atoms with Crippen molar-refractivity contribution in [2.24, 2.45) is 17.3 Å². The Morgan fingerprint density at radius 1 is 1.14 bits per heavy atom. The fourth-order valence-electron chi connectivity index (χ4n) is 2.85. The largest absolute Gasteiger partial charge is 0.403 e. The van der Waals surface area contributed by atoms with Crippen LogP contribution in [0.3, 0.4) is 0 Å². The molecule has 0 aromatic heterocycles. The lowest BCUT2D eigenvalue weighted by Gasteiger charge is -2.41. The van der Waals surface area contributed by atoms with Crippen molar-refractivity contribution < 1.29 is 24.2 Å². The number of esters is 2. The summed E-state index contributed by atoms with van der Waals surface area (Å²) in [7, 11) is 0. The van der Waals surface area contributed by atoms with Crippen LogP contribution in [-0.2, 0) is 19.1 Å². The van der Waals surface area contributed by atoms with Gasteiger partial charge in [-0.05, 0) is 36.4 Å². The van der Waals surface area contributed by atoms with Crippen molar-refractivity contribution in [3.05, 3.63) is 0 Å². The Labute approximate surface area is 133 Å². The SMILES string of the molecule is CC(C)CC1(CC(C)C)C(=O)OC2(OC1=O)SCC(O)S2. The number of ether oxygens (including phenoxy) is 2. The van der Waals surface area contributed by atoms with E-state index in [9.17, 15) is 14.7 Å². The molecule has 2 rings (SSSR count). The Morgan fingerprint density at radius 2 is 1.62 bits per heavy atom. The van der Waals surface area contributed by atoms with Gasteiger partial charge < -0.3 is 14.6 Å². The van der Waals surface area contributed by atoms with E-state index in [-0.39, 0.29) is 11.8 Å². The normalized spacial score (nSPS) is 27.3. The van der Waals surface area contributed by atoms with E-state index in [2.05, 4.69) is 0 Å². The fourth-order valence-corrected chi connectivity index (χ4v) is 5.33. The predicted molar refractivity (Wildman–Crippen MR) is 82.3 cm³/mol. The Morgan fingerprint density at radius 3 is 1.95 bits per heavy atom. The molecular formula is C14H22O5S2. The minimum absolute atomic E-state index is 0.173. The van der Waals surface area contributed by atoms with Gasteiger partial charge in [0.05, 0.1) is 0 Å². The summed E-state index contributed by atoms with van der Waals surface area (Å²) in [5, 5.41) is 9.60. The third-order valence-corrected chi connectivity index (χ3v) is 6.16. The van der Waals surface area contributed by atoms with E-state index in [4.69, 9.17) is 9.47 Å². The maximum Gasteiger partial charge on any atom is 0.361 e. The van der Waals surface area contributed by atoms with Crippen molar-refractivity contribution in [2.75, 3.05) is 5.75 Å². The van der Waals surface area contributed by atoms with Crippen LogP contribution in [0.1, 0.15) is 40.5 Å². The van der Waals surface area contributed by atoms with Gasteiger partial charge in [-0.3, -0.25) is 9.59 Å². The van der Waals surface area contributed by atoms with Crippen LogP contribution in [0.5, 0.6) is 0 Å². The first-order valence-corrected chi connectivity index (χ1v) is 9.02. The molecule has 0 radical (unpaired) electrons. The average Bonchev–Trinajstić information content (AvgIpc) is 2.66. The van der Waals surface area contributed by atoms with Crippen molar-refractivity contribution in [1.82, 2.24) is 0 Å². The van der Waals surface area contributed by atoms with Gasteiger partial charge in [0.2, 0.25) is 0 Å². The summed E-state index contributed by atoms with van der Waals surface area (Å²) in [6, 6.07) is 0. The van der Waals surface area contributed by atoms with Crippen LogP contribution in [0, 0.1) is 17.3 Å². The van der Waals surface area contributed by atoms with E-state index < -0.39 is 27.2 Å². The van der Waals surface area contributed by atoms with Gasteiger partial charge in [-0.15, -0.1) is 0 Å². The Bertz CT molecular complexity index is 405. The standard InChI is InChI=1S/C14H22O5S2/c1-8(2)5-13(6-9(3)4)11(16)18-14(19-12(13)17)20-7-10(15)21-14/h8-10,15H,5-7H2,1-4H3. The quantitative estimate of drug-likeness (QED) is 0.625. The highest BCUT2D eigenvalue weighted by molar-refractivity contribution is 8.21. The molecule has 1 N–H and O–H groups in total. The van der Waals surface area contributed by atoms with Gasteiger partial charge in [0.15, 0.2) is 5.41 Å². The molecule has 2 saturated heterocycles. The van der Waals surface area contributed by atoms with Crippen LogP contribution in [0.4, 0.5) is 0 Å². The topological polar surface area (TPSA) is 72.8 Å². The van der Waals surface area contributed by atoms with Crippen LogP contribution >= 0.6 is 23.5 Å². The molecule has 0 aromatic carbocycles. The zero-order valence-electron chi connectivity index (χ0n) is 12.8. The molecule has 2 fully saturated rings. The molecule has 2 aliphatic rings. The van der Waals surface area contributed by atoms with Crippen LogP contribution in [0.25, 0.3) is 0 Å². The zero-order valence-corrected chi connectivity index (χ0v) is 14.4. The number of aliphatic hydroxyl groups excluding tert-OH is 1. The second-order valence-corrected chi connectivity index (χ2v) is 9.18. The van der Waals surface area contributed by atoms with Crippen LogP contribution in [0.2, 0.25) is 0 Å². The molecular weight excluding hydrogens is 312 g/mol. The maximum absolute atomic E-state index is 12.6. The summed E-state index contributed by atoms with van der Waals surface area (Å²) in [6.07, 6.45) is 0.827. The van der Waals surface area contributed by atoms with Crippen LogP contribution < -0.4 is 0 Å². The first kappa shape index (κ1) is 17.0. The van der Waals surface area contributed by atoms with E-state index in [0.29, 0.717) is 18.6 Å². The molecule has 1 unspecified atom stereocenters. The number of rotatable bonds is 4. The number of hydrogen-bond acceptors (Lipinski definition) is 7. The first-order chi connectivity index (χ1) is 9.69. The lowest BCUT2D eigenvalue weighted by atomic mass is 9.74. The van der Waals surface area contributed by atoms with Crippen LogP contribution in [-0.4, -0.2) is 32.7 Å². The maximum atomic E-state index is 12.6. The van der Waals surface area contributed by atoms with Crippen molar-refractivity contribution in [3.63, 3.8) is 0 Å². The predicted octanol–water partition coefficient (Wildman–Crippen LogP) is 2.57. The summed E-state index contributed by atoms with van der Waals surface area (Å²) in [5.41, 5.74) is -1.92. The second kappa shape index (κ2) is 6.01. The molecule has 5 nitrogen and oxygen atoms in total. The van der Waals surface area contributed by atoms with Gasteiger partial charge in [-0.2, -0.15) is 0 Å². The molecule has 2 aliphatic heterocycles. The van der Waals surface area contributed by atoms with Crippen molar-refractivity contribution in [1.29, 1.82) is 0 Å². The van der Waals surface area contributed by atoms with E-state index in [0.717, 1.165) is 23.5 Å². The highest BCUT2D eigenvalue weighted by Crippen LogP contribution is 2.54. The molecule has 7 heteroatoms. The molecule has 0 amide bonds. The molecule has 0 aliphatic carbocycles. The summed E-state index contributed by atoms with van der Waals surface area (Å²) < 4.78 is 9.56. The highest BCUT2D eigenvalue weighted by Gasteiger charge is 2.61. The van der Waals surface area contributed by atoms with Gasteiger partial charge >= 0.3 is 16.4 Å². The van der Waals surface area contributed by atoms with Crippen molar-refractivity contribution in [3.8, 4) is 0 Å². The summed E-state index contributed by atoms with van der Waals surface area (Å²) >= 11 is 2.11. The first-order valence-electron chi connectivity index (χ1n) is 7.16. The Balaban J connectivity index is 2.27. The molecule has 1 spiro atoms. The van der Waals surface area contributed by atoms with Gasteiger partial charge in [0.1, 0.15) is 5.44 Å². The van der Waals surface area contributed by atoms with Crippen LogP contribution in [0.15, 0.2) is 0 Å². The molecule has 2 heterocycles. The van der Waals surface area contributed by atoms with Gasteiger partial charge in [0, 0.05) is 5.75 Å². The highest BCUT2D eigenvalue weighted by atomic mass is 32.2. The molecule has 120 valence electrons. The Hall–Kier alpha value is -0.400. The second-order valence-electron chi connectivity index (χ2n) is 6.44. The number of aliphatic hydroxyl groups is 1. The molecule has 1 atom stereocenters. The molecule has 0 saturated carbocycles. The Kier molecular flexibility index (Phi) is 4.85. The number of carbonyl (C=O) groups is 2. The number of carbonyl (C=O) groups excluding carboxylic acids is 2. The summed E-state index contributed by atoms with van der Waals surface area (Å²) in [4.78, 5) is 25.3. The van der Waals surface area contributed by atoms with Gasteiger partial charge in [-0.25, -0.2) is 0 Å². The number of thioether (sulfide) groups is 2. The third-order valence-electron chi connectivity index (χ3n) is 3.41. The minimum Gasteiger partial charge on any atom is -0.403 e. The monoisotopic (exact) mass is 334 g/mol. The van der Waals surface area contributed by atoms with Gasteiger partial charge in [-0.1, -0.05) is 39.5 Å². The van der Waals surface area contributed by atoms with Crippen molar-refractivity contribution >= 4 is 35.5 Å². The fraction of sp³-hybridized carbons (Fsp3) is 0.857. The van der Waals surface area contributed by atoms with E-state index in [1.54, 1.807) is 0 Å². The van der Waals surface area contributed by atoms with Crippen molar-refractivity contribution in [2.45, 2.75) is 50.4 Å². The average molecular weight is 334 g/mol. The lowest BCUT2D eigenvalue weighted by Crippen LogP contribution is -2.54. The van der Waals surface area contributed by atoms with E-state index in [1.807, 2.05) is 27.7 Å². The number of hydrogen-bond donors (Lipinski definition) is 1. The third kappa shape index (κ3) is 3.35. The van der Waals surface area contributed by atoms with E-state index in [1.165, 1.54) is 0 Å². The van der Waals surface area contributed by atoms with Gasteiger partial charge in [0.25, 0.3) is 0 Å². The van der Waals surface area contributed by atoms with E-state index >= 15 is 0 Å². The molecule has 21 heavy (non-hydrogen) atoms. The zero-order chi connectivity index (χ0) is 15.8. The lowest BCUT2D eigenvalue weighted by molar-refractivity contribution is -0.217. The molecule has 0 aromatic rings. The smallest absolute Gasteiger partial charge is 0.361 e. The summed E-state index contributed by atoms with van der Waals surface area (Å²) in [6.45, 7) is 7.87.